The van der Waals surface area contributed by atoms with Gasteiger partial charge in [-0.3, -0.25) is 9.78 Å². The molecule has 5 N–H and O–H groups in total. The van der Waals surface area contributed by atoms with Crippen LogP contribution in [0.3, 0.4) is 0 Å². The van der Waals surface area contributed by atoms with Gasteiger partial charge >= 0.3 is 0 Å². The van der Waals surface area contributed by atoms with Crippen molar-refractivity contribution in [3.8, 4) is 0 Å². The number of H-pyrrole nitrogens is 1. The van der Waals surface area contributed by atoms with Gasteiger partial charge in [0.25, 0.3) is 5.56 Å². The molecule has 0 unspecified atom stereocenters. The molecule has 2 aromatic carbocycles. The molecule has 0 aliphatic heterocycles. The molecular formula is C12H9BrN4O. The Morgan fingerprint density at radius 2 is 1.83 bits per heavy atom. The largest absolute Gasteiger partial charge is 0.397 e. The first-order valence-electron chi connectivity index (χ1n) is 5.24. The molecule has 3 rings (SSSR count). The van der Waals surface area contributed by atoms with Crippen molar-refractivity contribution in [1.82, 2.24) is 9.97 Å². The van der Waals surface area contributed by atoms with Crippen LogP contribution >= 0.6 is 15.9 Å². The number of aromatic nitrogens is 2. The van der Waals surface area contributed by atoms with Gasteiger partial charge in [-0.15, -0.1) is 0 Å². The van der Waals surface area contributed by atoms with Crippen LogP contribution in [0.1, 0.15) is 0 Å². The highest BCUT2D eigenvalue weighted by atomic mass is 79.9. The van der Waals surface area contributed by atoms with Crippen LogP contribution in [0.25, 0.3) is 21.7 Å². The van der Waals surface area contributed by atoms with Gasteiger partial charge in [0, 0.05) is 9.86 Å². The Bertz CT molecular complexity index is 841. The second-order valence-corrected chi connectivity index (χ2v) is 4.82. The van der Waals surface area contributed by atoms with Crippen LogP contribution in [-0.2, 0) is 0 Å². The highest BCUT2D eigenvalue weighted by Gasteiger charge is 2.11. The summed E-state index contributed by atoms with van der Waals surface area (Å²) in [5, 5.41) is 2.04. The van der Waals surface area contributed by atoms with E-state index in [4.69, 9.17) is 11.5 Å². The van der Waals surface area contributed by atoms with Crippen LogP contribution in [0.2, 0.25) is 0 Å². The fraction of sp³-hybridized carbons (Fsp3) is 0. The molecule has 3 aromatic rings. The molecule has 0 spiro atoms. The first kappa shape index (κ1) is 11.0. The Hall–Kier alpha value is -2.08. The lowest BCUT2D eigenvalue weighted by atomic mass is 10.0. The van der Waals surface area contributed by atoms with E-state index in [1.165, 1.54) is 0 Å². The zero-order chi connectivity index (χ0) is 12.9. The van der Waals surface area contributed by atoms with Gasteiger partial charge in [0.15, 0.2) is 0 Å². The van der Waals surface area contributed by atoms with Crippen molar-refractivity contribution < 1.29 is 0 Å². The van der Waals surface area contributed by atoms with E-state index in [2.05, 4.69) is 25.9 Å². The van der Waals surface area contributed by atoms with E-state index < -0.39 is 0 Å². The van der Waals surface area contributed by atoms with E-state index in [1.807, 2.05) is 18.2 Å². The number of nitrogens with zero attached hydrogens (tertiary/aromatic N) is 1. The standard InChI is InChI=1S/C12H9BrN4O/c13-6-3-1-5-2-4-7-9(8(5)10(6)14)11(18)17-12(15)16-7/h1-4H,14H2,(H3,15,16,17,18). The average Bonchev–Trinajstić information content (AvgIpc) is 2.33. The Balaban J connectivity index is 2.68. The summed E-state index contributed by atoms with van der Waals surface area (Å²) in [6.07, 6.45) is 0. The van der Waals surface area contributed by atoms with Crippen LogP contribution in [-0.4, -0.2) is 9.97 Å². The maximum absolute atomic E-state index is 12.0. The summed E-state index contributed by atoms with van der Waals surface area (Å²) in [5.41, 5.74) is 12.3. The SMILES string of the molecule is Nc1nc2ccc3ccc(Br)c(N)c3c2c(=O)[nH]1. The predicted molar refractivity (Wildman–Crippen MR) is 76.4 cm³/mol. The molecule has 5 nitrogen and oxygen atoms in total. The van der Waals surface area contributed by atoms with Gasteiger partial charge in [0.05, 0.1) is 16.6 Å². The topological polar surface area (TPSA) is 97.8 Å². The van der Waals surface area contributed by atoms with E-state index in [0.717, 1.165) is 9.86 Å². The first-order chi connectivity index (χ1) is 8.58. The van der Waals surface area contributed by atoms with E-state index in [0.29, 0.717) is 22.0 Å². The quantitative estimate of drug-likeness (QED) is 0.437. The predicted octanol–water partition coefficient (Wildman–Crippen LogP) is 2.00. The Labute approximate surface area is 110 Å². The maximum Gasteiger partial charge on any atom is 0.260 e. The summed E-state index contributed by atoms with van der Waals surface area (Å²) in [7, 11) is 0. The molecule has 0 aliphatic rings. The number of hydrogen-bond acceptors (Lipinski definition) is 4. The minimum atomic E-state index is -0.284. The number of halogens is 1. The third-order valence-electron chi connectivity index (χ3n) is 2.86. The van der Waals surface area contributed by atoms with Crippen LogP contribution in [0, 0.1) is 0 Å². The Kier molecular flexibility index (Phi) is 2.27. The Morgan fingerprint density at radius 1 is 1.11 bits per heavy atom. The fourth-order valence-corrected chi connectivity index (χ4v) is 2.40. The molecule has 0 saturated carbocycles. The molecule has 0 atom stereocenters. The number of nitrogens with one attached hydrogen (secondary N) is 1. The number of nitrogens with two attached hydrogens (primary N) is 2. The highest BCUT2D eigenvalue weighted by molar-refractivity contribution is 9.10. The van der Waals surface area contributed by atoms with Crippen LogP contribution in [0.15, 0.2) is 33.5 Å². The van der Waals surface area contributed by atoms with Crippen LogP contribution in [0.4, 0.5) is 11.6 Å². The Morgan fingerprint density at radius 3 is 2.61 bits per heavy atom. The maximum atomic E-state index is 12.0. The van der Waals surface area contributed by atoms with Gasteiger partial charge < -0.3 is 11.5 Å². The van der Waals surface area contributed by atoms with Crippen molar-refractivity contribution >= 4 is 49.2 Å². The molecule has 1 aromatic heterocycles. The smallest absolute Gasteiger partial charge is 0.260 e. The monoisotopic (exact) mass is 304 g/mol. The van der Waals surface area contributed by atoms with Crippen molar-refractivity contribution in [2.45, 2.75) is 0 Å². The van der Waals surface area contributed by atoms with Gasteiger partial charge in [-0.2, -0.15) is 0 Å². The summed E-state index contributed by atoms with van der Waals surface area (Å²) in [5.74, 6) is 0.0976. The number of aromatic amines is 1. The highest BCUT2D eigenvalue weighted by Crippen LogP contribution is 2.32. The lowest BCUT2D eigenvalue weighted by molar-refractivity contribution is 1.19. The van der Waals surface area contributed by atoms with E-state index in [-0.39, 0.29) is 11.5 Å². The van der Waals surface area contributed by atoms with Crippen LogP contribution in [0.5, 0.6) is 0 Å². The molecule has 90 valence electrons. The normalized spacial score (nSPS) is 11.2. The van der Waals surface area contributed by atoms with Gasteiger partial charge in [0.1, 0.15) is 0 Å². The molecular weight excluding hydrogens is 296 g/mol. The van der Waals surface area contributed by atoms with Crippen molar-refractivity contribution in [2.24, 2.45) is 0 Å². The summed E-state index contributed by atoms with van der Waals surface area (Å²) >= 11 is 3.36. The molecule has 0 amide bonds. The molecule has 0 fully saturated rings. The number of nitrogen functional groups attached to an aromatic ring is 2. The lowest BCUT2D eigenvalue weighted by Crippen LogP contribution is -2.12. The fourth-order valence-electron chi connectivity index (χ4n) is 2.07. The van der Waals surface area contributed by atoms with Crippen molar-refractivity contribution in [3.05, 3.63) is 39.1 Å². The molecule has 18 heavy (non-hydrogen) atoms. The number of benzene rings is 2. The minimum absolute atomic E-state index is 0.0976. The summed E-state index contributed by atoms with van der Waals surface area (Å²) < 4.78 is 0.749. The van der Waals surface area contributed by atoms with Crippen molar-refractivity contribution in [3.63, 3.8) is 0 Å². The minimum Gasteiger partial charge on any atom is -0.397 e. The van der Waals surface area contributed by atoms with Gasteiger partial charge in [-0.05, 0) is 33.4 Å². The van der Waals surface area contributed by atoms with E-state index in [9.17, 15) is 4.79 Å². The number of rotatable bonds is 0. The second kappa shape index (κ2) is 3.71. The number of fused-ring (bicyclic) bond motifs is 3. The summed E-state index contributed by atoms with van der Waals surface area (Å²) in [4.78, 5) is 18.6. The molecule has 0 aliphatic carbocycles. The number of hydrogen-bond donors (Lipinski definition) is 3. The average molecular weight is 305 g/mol. The zero-order valence-electron chi connectivity index (χ0n) is 9.20. The molecule has 6 heteroatoms. The second-order valence-electron chi connectivity index (χ2n) is 3.97. The van der Waals surface area contributed by atoms with Gasteiger partial charge in [-0.1, -0.05) is 12.1 Å². The van der Waals surface area contributed by atoms with Crippen LogP contribution < -0.4 is 17.0 Å². The third kappa shape index (κ3) is 1.46. The van der Waals surface area contributed by atoms with Gasteiger partial charge in [-0.25, -0.2) is 4.98 Å². The molecule has 0 bridgehead atoms. The first-order valence-corrected chi connectivity index (χ1v) is 6.03. The van der Waals surface area contributed by atoms with Crippen molar-refractivity contribution in [2.75, 3.05) is 11.5 Å². The van der Waals surface area contributed by atoms with Crippen molar-refractivity contribution in [1.29, 1.82) is 0 Å². The summed E-state index contributed by atoms with van der Waals surface area (Å²) in [6.45, 7) is 0. The molecule has 0 radical (unpaired) electrons. The zero-order valence-corrected chi connectivity index (χ0v) is 10.8. The third-order valence-corrected chi connectivity index (χ3v) is 3.55. The summed E-state index contributed by atoms with van der Waals surface area (Å²) in [6, 6.07) is 7.37. The van der Waals surface area contributed by atoms with Gasteiger partial charge in [0.2, 0.25) is 5.95 Å². The lowest BCUT2D eigenvalue weighted by Gasteiger charge is -2.07. The number of anilines is 2. The van der Waals surface area contributed by atoms with E-state index >= 15 is 0 Å². The molecule has 1 heterocycles. The van der Waals surface area contributed by atoms with E-state index in [1.54, 1.807) is 6.07 Å². The molecule has 0 saturated heterocycles.